The number of carbonyl (C=O) groups is 1. The molecule has 1 fully saturated rings. The van der Waals surface area contributed by atoms with Crippen molar-refractivity contribution in [1.82, 2.24) is 20.5 Å². The Morgan fingerprint density at radius 2 is 1.90 bits per heavy atom. The minimum Gasteiger partial charge on any atom is -0.424 e. The Morgan fingerprint density at radius 1 is 1.16 bits per heavy atom. The van der Waals surface area contributed by atoms with Gasteiger partial charge in [-0.1, -0.05) is 18.2 Å². The number of carbonyl (C=O) groups excluding carboxylic acids is 1. The van der Waals surface area contributed by atoms with Crippen molar-refractivity contribution < 1.29 is 13.6 Å². The molecule has 1 aliphatic rings. The van der Waals surface area contributed by atoms with Gasteiger partial charge in [0.2, 0.25) is 17.7 Å². The molecule has 5 rings (SSSR count). The third-order valence-corrected chi connectivity index (χ3v) is 6.09. The second kappa shape index (κ2) is 7.56. The molecular formula is C22H16FN5O2S. The van der Waals surface area contributed by atoms with Crippen LogP contribution in [0, 0.1) is 17.1 Å². The predicted molar refractivity (Wildman–Crippen MR) is 112 cm³/mol. The first-order valence-corrected chi connectivity index (χ1v) is 10.5. The van der Waals surface area contributed by atoms with Crippen molar-refractivity contribution in [1.29, 1.82) is 5.26 Å². The summed E-state index contributed by atoms with van der Waals surface area (Å²) in [6.07, 6.45) is 1.65. The molecule has 7 nitrogen and oxygen atoms in total. The lowest BCUT2D eigenvalue weighted by Gasteiger charge is -2.06. The van der Waals surface area contributed by atoms with Crippen LogP contribution in [-0.2, 0) is 17.6 Å². The number of nitrogens with one attached hydrogen (secondary N) is 1. The van der Waals surface area contributed by atoms with Gasteiger partial charge in [0.25, 0.3) is 0 Å². The number of hydrogen-bond donors (Lipinski definition) is 1. The first-order valence-electron chi connectivity index (χ1n) is 9.71. The Morgan fingerprint density at radius 3 is 2.65 bits per heavy atom. The van der Waals surface area contributed by atoms with Crippen molar-refractivity contribution in [2.75, 3.05) is 0 Å². The van der Waals surface area contributed by atoms with E-state index in [0.717, 1.165) is 26.4 Å². The van der Waals surface area contributed by atoms with Gasteiger partial charge in [-0.3, -0.25) is 4.79 Å². The molecule has 154 valence electrons. The fourth-order valence-electron chi connectivity index (χ4n) is 3.27. The zero-order valence-corrected chi connectivity index (χ0v) is 17.1. The molecule has 2 heterocycles. The van der Waals surface area contributed by atoms with Crippen LogP contribution in [0.2, 0.25) is 0 Å². The van der Waals surface area contributed by atoms with E-state index in [1.54, 1.807) is 12.1 Å². The van der Waals surface area contributed by atoms with Gasteiger partial charge in [-0.25, -0.2) is 9.37 Å². The van der Waals surface area contributed by atoms with Crippen molar-refractivity contribution >= 4 is 27.5 Å². The Balaban J connectivity index is 1.28. The largest absolute Gasteiger partial charge is 0.424 e. The molecule has 4 aromatic rings. The molecule has 2 aromatic heterocycles. The second-order valence-corrected chi connectivity index (χ2v) is 8.60. The summed E-state index contributed by atoms with van der Waals surface area (Å²) in [5, 5.41) is 20.5. The molecule has 2 aromatic carbocycles. The standard InChI is InChI=1S/C22H16FN5O2S/c23-15-4-1-13(2-5-15)14-3-6-16-17(9-14)31-21(25-16)11-20-28-27-19(30-20)10-18(29)26-22(12-24)7-8-22/h1-6,9H,7-8,10-11H2,(H,26,29). The van der Waals surface area contributed by atoms with Crippen molar-refractivity contribution in [2.24, 2.45) is 0 Å². The summed E-state index contributed by atoms with van der Waals surface area (Å²) in [6.45, 7) is 0. The van der Waals surface area contributed by atoms with Crippen LogP contribution in [0.1, 0.15) is 29.6 Å². The van der Waals surface area contributed by atoms with Crippen LogP contribution in [0.4, 0.5) is 4.39 Å². The Kier molecular flexibility index (Phi) is 4.71. The summed E-state index contributed by atoms with van der Waals surface area (Å²) >= 11 is 1.52. The number of rotatable bonds is 6. The monoisotopic (exact) mass is 433 g/mol. The Bertz CT molecular complexity index is 1320. The summed E-state index contributed by atoms with van der Waals surface area (Å²) in [6, 6.07) is 14.4. The van der Waals surface area contributed by atoms with Crippen molar-refractivity contribution in [2.45, 2.75) is 31.2 Å². The average molecular weight is 433 g/mol. The van der Waals surface area contributed by atoms with E-state index in [4.69, 9.17) is 9.68 Å². The summed E-state index contributed by atoms with van der Waals surface area (Å²) in [7, 11) is 0. The van der Waals surface area contributed by atoms with E-state index in [0.29, 0.717) is 25.2 Å². The van der Waals surface area contributed by atoms with Crippen molar-refractivity contribution in [3.05, 3.63) is 65.1 Å². The molecule has 1 N–H and O–H groups in total. The van der Waals surface area contributed by atoms with E-state index < -0.39 is 5.54 Å². The minimum atomic E-state index is -0.715. The zero-order chi connectivity index (χ0) is 21.4. The molecule has 1 saturated carbocycles. The molecule has 0 saturated heterocycles. The zero-order valence-electron chi connectivity index (χ0n) is 16.3. The molecule has 9 heteroatoms. The number of fused-ring (bicyclic) bond motifs is 1. The molecule has 31 heavy (non-hydrogen) atoms. The summed E-state index contributed by atoms with van der Waals surface area (Å²) in [5.74, 6) is 0.0176. The number of hydrogen-bond acceptors (Lipinski definition) is 7. The van der Waals surface area contributed by atoms with Crippen LogP contribution in [0.3, 0.4) is 0 Å². The van der Waals surface area contributed by atoms with Gasteiger partial charge in [0.1, 0.15) is 22.8 Å². The quantitative estimate of drug-likeness (QED) is 0.496. The van der Waals surface area contributed by atoms with E-state index in [2.05, 4.69) is 26.6 Å². The van der Waals surface area contributed by atoms with Gasteiger partial charge in [-0.05, 0) is 48.2 Å². The smallest absolute Gasteiger partial charge is 0.230 e. The maximum atomic E-state index is 13.2. The Labute approximate surface area is 180 Å². The number of halogens is 1. The first-order chi connectivity index (χ1) is 15.0. The average Bonchev–Trinajstić information content (AvgIpc) is 3.20. The number of thiazole rings is 1. The van der Waals surface area contributed by atoms with Gasteiger partial charge >= 0.3 is 0 Å². The Hall–Kier alpha value is -3.64. The number of nitriles is 1. The van der Waals surface area contributed by atoms with E-state index in [9.17, 15) is 9.18 Å². The molecule has 0 radical (unpaired) electrons. The normalized spacial score (nSPS) is 14.3. The third-order valence-electron chi connectivity index (χ3n) is 5.08. The summed E-state index contributed by atoms with van der Waals surface area (Å²) < 4.78 is 19.8. The SMILES string of the molecule is N#CC1(NC(=O)Cc2nnc(Cc3nc4ccc(-c5ccc(F)cc5)cc4s3)o2)CC1. The lowest BCUT2D eigenvalue weighted by atomic mass is 10.1. The fourth-order valence-corrected chi connectivity index (χ4v) is 4.27. The van der Waals surface area contributed by atoms with Crippen LogP contribution in [-0.4, -0.2) is 26.6 Å². The summed E-state index contributed by atoms with van der Waals surface area (Å²) in [4.78, 5) is 16.7. The van der Waals surface area contributed by atoms with Crippen LogP contribution < -0.4 is 5.32 Å². The van der Waals surface area contributed by atoms with Gasteiger partial charge in [-0.2, -0.15) is 5.26 Å². The summed E-state index contributed by atoms with van der Waals surface area (Å²) in [5.41, 5.74) is 2.06. The second-order valence-electron chi connectivity index (χ2n) is 7.48. The highest BCUT2D eigenvalue weighted by atomic mass is 32.1. The topological polar surface area (TPSA) is 105 Å². The number of aromatic nitrogens is 3. The van der Waals surface area contributed by atoms with Crippen molar-refractivity contribution in [3.8, 4) is 17.2 Å². The highest BCUT2D eigenvalue weighted by Gasteiger charge is 2.44. The number of benzene rings is 2. The highest BCUT2D eigenvalue weighted by Crippen LogP contribution is 2.34. The highest BCUT2D eigenvalue weighted by molar-refractivity contribution is 7.18. The van der Waals surface area contributed by atoms with Gasteiger partial charge in [-0.15, -0.1) is 21.5 Å². The minimum absolute atomic E-state index is 0.0582. The van der Waals surface area contributed by atoms with E-state index in [-0.39, 0.29) is 24.0 Å². The fraction of sp³-hybridized carbons (Fsp3) is 0.227. The molecule has 0 aliphatic heterocycles. The van der Waals surface area contributed by atoms with Crippen LogP contribution in [0.25, 0.3) is 21.3 Å². The molecular weight excluding hydrogens is 417 g/mol. The molecule has 1 amide bonds. The van der Waals surface area contributed by atoms with Gasteiger partial charge < -0.3 is 9.73 Å². The van der Waals surface area contributed by atoms with Crippen LogP contribution in [0.15, 0.2) is 46.9 Å². The van der Waals surface area contributed by atoms with E-state index in [1.807, 2.05) is 18.2 Å². The maximum Gasteiger partial charge on any atom is 0.230 e. The molecule has 1 aliphatic carbocycles. The molecule has 0 unspecified atom stereocenters. The molecule has 0 atom stereocenters. The van der Waals surface area contributed by atoms with E-state index in [1.165, 1.54) is 23.5 Å². The maximum absolute atomic E-state index is 13.2. The van der Waals surface area contributed by atoms with Crippen LogP contribution >= 0.6 is 11.3 Å². The lowest BCUT2D eigenvalue weighted by molar-refractivity contribution is -0.121. The molecule has 0 bridgehead atoms. The predicted octanol–water partition coefficient (Wildman–Crippen LogP) is 3.79. The lowest BCUT2D eigenvalue weighted by Crippen LogP contribution is -2.36. The van der Waals surface area contributed by atoms with Gasteiger partial charge in [0.05, 0.1) is 22.7 Å². The number of nitrogens with zero attached hydrogens (tertiary/aromatic N) is 4. The van der Waals surface area contributed by atoms with Crippen molar-refractivity contribution in [3.63, 3.8) is 0 Å². The number of amides is 1. The first kappa shape index (κ1) is 19.3. The molecule has 0 spiro atoms. The van der Waals surface area contributed by atoms with Gasteiger partial charge in [0.15, 0.2) is 0 Å². The van der Waals surface area contributed by atoms with Crippen LogP contribution in [0.5, 0.6) is 0 Å². The van der Waals surface area contributed by atoms with E-state index >= 15 is 0 Å². The third kappa shape index (κ3) is 4.15. The van der Waals surface area contributed by atoms with Gasteiger partial charge in [0, 0.05) is 0 Å².